The van der Waals surface area contributed by atoms with E-state index in [4.69, 9.17) is 16.2 Å². The number of rotatable bonds is 11. The molecule has 0 aliphatic heterocycles. The van der Waals surface area contributed by atoms with Crippen LogP contribution in [-0.4, -0.2) is 78.6 Å². The molecule has 1 amide bonds. The minimum atomic E-state index is -5.81. The normalized spacial score (nSPS) is 12.1. The molecule has 0 unspecified atom stereocenters. The number of carbonyl (C=O) groups excluding carboxylic acids is 1. The van der Waals surface area contributed by atoms with Gasteiger partial charge in [-0.15, -0.1) is 0 Å². The van der Waals surface area contributed by atoms with Crippen LogP contribution >= 0.6 is 11.6 Å². The van der Waals surface area contributed by atoms with Gasteiger partial charge in [-0.05, 0) is 81.7 Å². The molecule has 0 spiro atoms. The third kappa shape index (κ3) is 12.9. The van der Waals surface area contributed by atoms with Crippen LogP contribution in [-0.2, 0) is 54.8 Å². The van der Waals surface area contributed by atoms with E-state index >= 15 is 0 Å². The molecule has 0 fully saturated rings. The van der Waals surface area contributed by atoms with Crippen LogP contribution in [0.15, 0.2) is 92.4 Å². The Labute approximate surface area is 419 Å². The van der Waals surface area contributed by atoms with Crippen LogP contribution in [0.3, 0.4) is 0 Å². The first-order valence-corrected chi connectivity index (χ1v) is 21.6. The van der Waals surface area contributed by atoms with Gasteiger partial charge in [0.2, 0.25) is 0 Å². The second-order valence-electron chi connectivity index (χ2n) is 10.9. The summed E-state index contributed by atoms with van der Waals surface area (Å²) in [6.07, 6.45) is 0. The van der Waals surface area contributed by atoms with Crippen molar-refractivity contribution in [2.24, 2.45) is 0 Å². The third-order valence-electron chi connectivity index (χ3n) is 7.45. The zero-order valence-corrected chi connectivity index (χ0v) is 42.6. The van der Waals surface area contributed by atoms with Crippen LogP contribution in [0.25, 0.3) is 32.7 Å². The van der Waals surface area contributed by atoms with Crippen molar-refractivity contribution in [3.8, 4) is 16.9 Å². The number of anilines is 1. The van der Waals surface area contributed by atoms with Gasteiger partial charge in [-0.2, -0.15) is 8.42 Å². The second-order valence-corrected chi connectivity index (χ2v) is 18.5. The maximum atomic E-state index is 14.3. The third-order valence-corrected chi connectivity index (χ3v) is 12.5. The quantitative estimate of drug-likeness (QED) is 0.0917. The van der Waals surface area contributed by atoms with E-state index in [2.05, 4.69) is 9.50 Å². The van der Waals surface area contributed by atoms with Gasteiger partial charge in [-0.1, -0.05) is 35.5 Å². The number of hydrogen-bond donors (Lipinski definition) is 2. The van der Waals surface area contributed by atoms with Crippen molar-refractivity contribution >= 4 is 95.3 Å². The van der Waals surface area contributed by atoms with Crippen LogP contribution in [0.5, 0.6) is 5.75 Å². The van der Waals surface area contributed by atoms with Crippen LogP contribution in [0.2, 0.25) is 5.02 Å². The minimum absolute atomic E-state index is 0. The second kappa shape index (κ2) is 20.3. The topological polar surface area (TPSA) is 321 Å². The number of benzene rings is 5. The van der Waals surface area contributed by atoms with E-state index in [0.29, 0.717) is 24.3 Å². The molecule has 0 heterocycles. The summed E-state index contributed by atoms with van der Waals surface area (Å²) in [7, 11) is -26.4. The number of halogens is 1. The standard InChI is InChI=1S/C29H22ClNO17S5.4Na/c30-18-4-1-15(2-5-18)29(33)31-23-14-20(50(36,37)38)12-17-13-24(51(39,40)41)26(27(32)25(17)23)22-7-3-16-11-19(6-8-21(16)28(22)52(42,43)44)49(34,35)10-9-48-53(45,46)47;;;;/h1-8,11-14,32H,9-10H2,(H,31,33)(H,36,37,38)(H,39,40,41)(H,42,43,44)(H,45,46,47);;;;/q;4*+1/p-4. The summed E-state index contributed by atoms with van der Waals surface area (Å²) >= 11 is 5.84. The fraction of sp³-hybridized carbons (Fsp3) is 0.0690. The Morgan fingerprint density at radius 2 is 1.28 bits per heavy atom. The van der Waals surface area contributed by atoms with Gasteiger partial charge < -0.3 is 24.1 Å². The monoisotopic (exact) mass is 939 g/mol. The maximum absolute atomic E-state index is 14.3. The molecule has 57 heavy (non-hydrogen) atoms. The molecule has 18 nitrogen and oxygen atoms in total. The van der Waals surface area contributed by atoms with Gasteiger partial charge in [0, 0.05) is 21.8 Å². The molecule has 5 aromatic rings. The first-order valence-electron chi connectivity index (χ1n) is 14.0. The summed E-state index contributed by atoms with van der Waals surface area (Å²) in [5, 5.41) is 14.4. The van der Waals surface area contributed by atoms with Crippen LogP contribution in [0, 0.1) is 0 Å². The van der Waals surface area contributed by atoms with Crippen molar-refractivity contribution in [2.75, 3.05) is 17.7 Å². The average Bonchev–Trinajstić information content (AvgIpc) is 3.01. The fourth-order valence-electron chi connectivity index (χ4n) is 5.25. The van der Waals surface area contributed by atoms with Crippen molar-refractivity contribution in [3.05, 3.63) is 83.4 Å². The predicted molar refractivity (Wildman–Crippen MR) is 179 cm³/mol. The molecule has 0 bridgehead atoms. The van der Waals surface area contributed by atoms with Crippen molar-refractivity contribution in [1.82, 2.24) is 0 Å². The maximum Gasteiger partial charge on any atom is 1.00 e. The van der Waals surface area contributed by atoms with Gasteiger partial charge in [0.15, 0.2) is 9.84 Å². The Balaban J connectivity index is 0.00000406. The van der Waals surface area contributed by atoms with Gasteiger partial charge in [0.25, 0.3) is 5.91 Å². The van der Waals surface area contributed by atoms with Crippen molar-refractivity contribution < 1.29 is 193 Å². The van der Waals surface area contributed by atoms with E-state index in [1.54, 1.807) is 0 Å². The molecule has 2 N–H and O–H groups in total. The van der Waals surface area contributed by atoms with E-state index in [9.17, 15) is 65.6 Å². The largest absolute Gasteiger partial charge is 1.00 e. The zero-order chi connectivity index (χ0) is 39.5. The van der Waals surface area contributed by atoms with Crippen LogP contribution in [0.1, 0.15) is 10.4 Å². The molecule has 0 atom stereocenters. The van der Waals surface area contributed by atoms with E-state index < -0.39 is 127 Å². The number of sulfone groups is 1. The summed E-state index contributed by atoms with van der Waals surface area (Å²) in [5.74, 6) is -3.54. The molecule has 0 saturated carbocycles. The molecule has 5 rings (SSSR count). The Morgan fingerprint density at radius 1 is 0.702 bits per heavy atom. The Morgan fingerprint density at radius 3 is 1.81 bits per heavy atom. The molecule has 0 saturated heterocycles. The summed E-state index contributed by atoms with van der Waals surface area (Å²) in [5.41, 5.74) is -3.01. The first-order chi connectivity index (χ1) is 24.3. The Hall–Kier alpha value is -0.270. The van der Waals surface area contributed by atoms with Gasteiger partial charge in [-0.25, -0.2) is 37.9 Å². The van der Waals surface area contributed by atoms with Crippen molar-refractivity contribution in [2.45, 2.75) is 19.6 Å². The molecule has 0 aliphatic rings. The summed E-state index contributed by atoms with van der Waals surface area (Å²) in [6, 6.07) is 10.7. The van der Waals surface area contributed by atoms with E-state index in [0.717, 1.165) is 24.3 Å². The van der Waals surface area contributed by atoms with E-state index in [1.807, 2.05) is 0 Å². The van der Waals surface area contributed by atoms with Gasteiger partial charge >= 0.3 is 129 Å². The van der Waals surface area contributed by atoms with Gasteiger partial charge in [0.1, 0.15) is 30.4 Å². The average molecular weight is 940 g/mol. The smallest absolute Gasteiger partial charge is 0.872 e. The van der Waals surface area contributed by atoms with Crippen LogP contribution in [0.4, 0.5) is 5.69 Å². The van der Waals surface area contributed by atoms with Crippen LogP contribution < -0.4 is 129 Å². The zero-order valence-electron chi connectivity index (χ0n) is 29.7. The minimum Gasteiger partial charge on any atom is -0.872 e. The molecule has 282 valence electrons. The van der Waals surface area contributed by atoms with Crippen molar-refractivity contribution in [1.29, 1.82) is 0 Å². The molecule has 0 radical (unpaired) electrons. The molecular formula is C29H18ClNNa4O17S5. The number of hydrogen-bond acceptors (Lipinski definition) is 16. The number of carbonyl (C=O) groups is 1. The first kappa shape index (κ1) is 54.7. The summed E-state index contributed by atoms with van der Waals surface area (Å²) in [6.45, 7) is -1.02. The van der Waals surface area contributed by atoms with Gasteiger partial charge in [-0.3, -0.25) is 9.35 Å². The molecule has 28 heteroatoms. The SMILES string of the molecule is O=C(Nc1cc(S(=O)(=O)[O-])cc2cc(S(=O)(=O)[O-])c(-c3ccc4cc(S(=O)(=O)CCOS(=O)(=O)O)ccc4c3S(=O)(=O)[O-])c([O-])c12)c1ccc(Cl)cc1.[Na+].[Na+].[Na+].[Na+]. The van der Waals surface area contributed by atoms with E-state index in [-0.39, 0.29) is 134 Å². The predicted octanol–water partition coefficient (Wildman–Crippen LogP) is -10.0. The Kier molecular flexibility index (Phi) is 19.5. The van der Waals surface area contributed by atoms with Gasteiger partial charge in [0.05, 0.1) is 31.9 Å². The van der Waals surface area contributed by atoms with E-state index in [1.165, 1.54) is 24.3 Å². The number of amides is 1. The molecule has 5 aromatic carbocycles. The number of nitrogens with one attached hydrogen (secondary N) is 1. The molecular weight excluding hydrogens is 922 g/mol. The summed E-state index contributed by atoms with van der Waals surface area (Å²) < 4.78 is 172. The molecule has 0 aromatic heterocycles. The van der Waals surface area contributed by atoms with Crippen molar-refractivity contribution in [3.63, 3.8) is 0 Å². The fourth-order valence-corrected chi connectivity index (χ4v) is 9.05. The number of fused-ring (bicyclic) bond motifs is 2. The summed E-state index contributed by atoms with van der Waals surface area (Å²) in [4.78, 5) is 8.70. The molecule has 0 aliphatic carbocycles. The Bertz CT molecular complexity index is 2950.